The van der Waals surface area contributed by atoms with Crippen molar-refractivity contribution in [2.75, 3.05) is 6.67 Å². The Bertz CT molecular complexity index is 27.3. The Morgan fingerprint density at radius 3 is 2.29 bits per heavy atom. The number of unbranched alkanes of at least 4 members (excludes halogenated alkanes) is 2. The summed E-state index contributed by atoms with van der Waals surface area (Å²) in [7, 11) is 5.15. The summed E-state index contributed by atoms with van der Waals surface area (Å²) < 4.78 is 11.3. The highest BCUT2D eigenvalue weighted by Gasteiger charge is 1.82. The summed E-state index contributed by atoms with van der Waals surface area (Å²) in [6.45, 7) is -0.194. The Balaban J connectivity index is 2.45. The summed E-state index contributed by atoms with van der Waals surface area (Å²) in [5.74, 6) is 0. The number of hydrogen-bond donors (Lipinski definition) is 0. The molecule has 0 bridgehead atoms. The van der Waals surface area contributed by atoms with Crippen molar-refractivity contribution in [2.45, 2.75) is 25.6 Å². The van der Waals surface area contributed by atoms with Crippen LogP contribution in [0.3, 0.4) is 0 Å². The third kappa shape index (κ3) is 5.99. The molecule has 0 atom stereocenters. The molecule has 0 aromatic rings. The molecule has 0 N–H and O–H groups in total. The average molecular weight is 99.9 g/mol. The van der Waals surface area contributed by atoms with Crippen molar-refractivity contribution < 1.29 is 4.39 Å². The zero-order valence-electron chi connectivity index (χ0n) is 4.49. The van der Waals surface area contributed by atoms with Crippen LogP contribution >= 0.6 is 0 Å². The fraction of sp³-hybridized carbons (Fsp3) is 1.00. The Morgan fingerprint density at radius 2 is 1.86 bits per heavy atom. The van der Waals surface area contributed by atoms with Gasteiger partial charge in [0.05, 0.1) is 14.5 Å². The van der Waals surface area contributed by atoms with Gasteiger partial charge in [-0.05, 0) is 6.42 Å². The van der Waals surface area contributed by atoms with Gasteiger partial charge in [0.25, 0.3) is 0 Å². The van der Waals surface area contributed by atoms with Crippen LogP contribution in [0.25, 0.3) is 0 Å². The first-order chi connectivity index (χ1) is 3.41. The molecule has 0 aliphatic carbocycles. The van der Waals surface area contributed by atoms with E-state index >= 15 is 0 Å². The summed E-state index contributed by atoms with van der Waals surface area (Å²) in [5, 5.41) is 0. The van der Waals surface area contributed by atoms with E-state index in [4.69, 9.17) is 7.85 Å². The van der Waals surface area contributed by atoms with Gasteiger partial charge in [0.2, 0.25) is 0 Å². The van der Waals surface area contributed by atoms with Crippen molar-refractivity contribution in [3.8, 4) is 0 Å². The molecule has 0 aromatic carbocycles. The van der Waals surface area contributed by atoms with E-state index in [1.807, 2.05) is 0 Å². The van der Waals surface area contributed by atoms with Crippen LogP contribution in [0.15, 0.2) is 0 Å². The second-order valence-corrected chi connectivity index (χ2v) is 1.54. The van der Waals surface area contributed by atoms with Gasteiger partial charge in [-0.25, -0.2) is 0 Å². The first kappa shape index (κ1) is 6.99. The van der Waals surface area contributed by atoms with E-state index in [2.05, 4.69) is 0 Å². The first-order valence-electron chi connectivity index (χ1n) is 2.68. The van der Waals surface area contributed by atoms with E-state index in [0.717, 1.165) is 12.8 Å². The van der Waals surface area contributed by atoms with Gasteiger partial charge in [-0.15, -0.1) is 0 Å². The van der Waals surface area contributed by atoms with Crippen LogP contribution in [0.1, 0.15) is 19.3 Å². The molecule has 0 aliphatic heterocycles. The van der Waals surface area contributed by atoms with Crippen LogP contribution in [0.5, 0.6) is 0 Å². The molecule has 0 aliphatic rings. The van der Waals surface area contributed by atoms with Crippen LogP contribution in [-0.4, -0.2) is 14.5 Å². The summed E-state index contributed by atoms with van der Waals surface area (Å²) in [5.41, 5.74) is 0. The maximum atomic E-state index is 11.3. The lowest BCUT2D eigenvalue weighted by molar-refractivity contribution is 0.460. The molecule has 40 valence electrons. The van der Waals surface area contributed by atoms with Gasteiger partial charge < -0.3 is 0 Å². The van der Waals surface area contributed by atoms with Crippen molar-refractivity contribution in [1.29, 1.82) is 0 Å². The molecular weight excluding hydrogens is 89.9 g/mol. The van der Waals surface area contributed by atoms with Crippen LogP contribution in [-0.2, 0) is 0 Å². The lowest BCUT2D eigenvalue weighted by Gasteiger charge is -1.89. The van der Waals surface area contributed by atoms with Crippen molar-refractivity contribution in [2.24, 2.45) is 0 Å². The second-order valence-electron chi connectivity index (χ2n) is 1.54. The molecular formula is C5H10BF. The number of alkyl halides is 1. The van der Waals surface area contributed by atoms with E-state index < -0.39 is 0 Å². The molecule has 0 amide bonds. The SMILES string of the molecule is [B]CCCCCF. The quantitative estimate of drug-likeness (QED) is 0.372. The van der Waals surface area contributed by atoms with Crippen molar-refractivity contribution in [3.05, 3.63) is 0 Å². The Morgan fingerprint density at radius 1 is 1.14 bits per heavy atom. The molecule has 0 rings (SSSR count). The predicted octanol–water partition coefficient (Wildman–Crippen LogP) is 1.71. The summed E-state index contributed by atoms with van der Waals surface area (Å²) in [6.07, 6.45) is 3.27. The van der Waals surface area contributed by atoms with E-state index in [9.17, 15) is 4.39 Å². The van der Waals surface area contributed by atoms with Crippen LogP contribution < -0.4 is 0 Å². The summed E-state index contributed by atoms with van der Waals surface area (Å²) in [6, 6.07) is 0. The minimum atomic E-state index is -0.194. The Hall–Kier alpha value is -0.00506. The molecule has 0 saturated heterocycles. The normalized spacial score (nSPS) is 9.29. The molecule has 0 unspecified atom stereocenters. The third-order valence-corrected chi connectivity index (χ3v) is 0.838. The molecule has 0 saturated carbocycles. The highest BCUT2D eigenvalue weighted by atomic mass is 19.1. The predicted molar refractivity (Wildman–Crippen MR) is 30.4 cm³/mol. The Labute approximate surface area is 45.5 Å². The van der Waals surface area contributed by atoms with E-state index in [1.54, 1.807) is 0 Å². The standard InChI is InChI=1S/C5H10BF/c6-4-2-1-3-5-7/h1-5H2. The van der Waals surface area contributed by atoms with Gasteiger partial charge >= 0.3 is 0 Å². The molecule has 0 aromatic heterocycles. The third-order valence-electron chi connectivity index (χ3n) is 0.838. The highest BCUT2D eigenvalue weighted by Crippen LogP contribution is 1.96. The van der Waals surface area contributed by atoms with Crippen LogP contribution in [0, 0.1) is 0 Å². The smallest absolute Gasteiger partial charge is 0.0894 e. The minimum Gasteiger partial charge on any atom is -0.251 e. The summed E-state index contributed by atoms with van der Waals surface area (Å²) in [4.78, 5) is 0. The molecule has 0 nitrogen and oxygen atoms in total. The summed E-state index contributed by atoms with van der Waals surface area (Å²) >= 11 is 0. The monoisotopic (exact) mass is 100 g/mol. The lowest BCUT2D eigenvalue weighted by atomic mass is 10.00. The van der Waals surface area contributed by atoms with Crippen molar-refractivity contribution >= 4 is 7.85 Å². The number of rotatable bonds is 4. The maximum Gasteiger partial charge on any atom is 0.0894 e. The fourth-order valence-electron chi connectivity index (χ4n) is 0.416. The Kier molecular flexibility index (Phi) is 5.99. The van der Waals surface area contributed by atoms with E-state index in [0.29, 0.717) is 12.7 Å². The average Bonchev–Trinajstić information content (AvgIpc) is 1.69. The molecule has 0 spiro atoms. The highest BCUT2D eigenvalue weighted by molar-refractivity contribution is 6.08. The van der Waals surface area contributed by atoms with E-state index in [-0.39, 0.29) is 6.67 Å². The molecule has 0 fully saturated rings. The molecule has 2 heteroatoms. The molecule has 2 radical (unpaired) electrons. The molecule has 7 heavy (non-hydrogen) atoms. The number of hydrogen-bond acceptors (Lipinski definition) is 0. The first-order valence-corrected chi connectivity index (χ1v) is 2.68. The zero-order chi connectivity index (χ0) is 5.54. The zero-order valence-corrected chi connectivity index (χ0v) is 4.49. The van der Waals surface area contributed by atoms with Crippen LogP contribution in [0.4, 0.5) is 4.39 Å². The fourth-order valence-corrected chi connectivity index (χ4v) is 0.416. The number of halogens is 1. The minimum absolute atomic E-state index is 0.194. The lowest BCUT2D eigenvalue weighted by Crippen LogP contribution is -1.76. The van der Waals surface area contributed by atoms with Crippen molar-refractivity contribution in [1.82, 2.24) is 0 Å². The van der Waals surface area contributed by atoms with Gasteiger partial charge in [-0.1, -0.05) is 19.2 Å². The van der Waals surface area contributed by atoms with Gasteiger partial charge in [0.15, 0.2) is 0 Å². The molecule has 0 heterocycles. The second kappa shape index (κ2) is 5.99. The van der Waals surface area contributed by atoms with Crippen molar-refractivity contribution in [3.63, 3.8) is 0 Å². The maximum absolute atomic E-state index is 11.3. The topological polar surface area (TPSA) is 0 Å². The van der Waals surface area contributed by atoms with Gasteiger partial charge in [0.1, 0.15) is 0 Å². The van der Waals surface area contributed by atoms with E-state index in [1.165, 1.54) is 0 Å². The van der Waals surface area contributed by atoms with Crippen LogP contribution in [0.2, 0.25) is 6.32 Å². The van der Waals surface area contributed by atoms with Gasteiger partial charge in [0, 0.05) is 0 Å². The largest absolute Gasteiger partial charge is 0.251 e. The van der Waals surface area contributed by atoms with Gasteiger partial charge in [-0.3, -0.25) is 4.39 Å². The van der Waals surface area contributed by atoms with Gasteiger partial charge in [-0.2, -0.15) is 0 Å².